The van der Waals surface area contributed by atoms with Crippen LogP contribution in [-0.4, -0.2) is 55.0 Å². The van der Waals surface area contributed by atoms with E-state index in [-0.39, 0.29) is 16.7 Å². The minimum Gasteiger partial charge on any atom is -0.507 e. The van der Waals surface area contributed by atoms with E-state index < -0.39 is 10.0 Å². The Hall–Kier alpha value is -1.11. The largest absolute Gasteiger partial charge is 0.507 e. The van der Waals surface area contributed by atoms with Gasteiger partial charge < -0.3 is 5.11 Å². The van der Waals surface area contributed by atoms with Crippen LogP contribution in [0.15, 0.2) is 29.2 Å². The number of likely N-dealkylation sites (N-methyl/N-ethyl adjacent to an activating group) is 1. The maximum Gasteiger partial charge on any atom is 0.246 e. The molecule has 0 aliphatic carbocycles. The van der Waals surface area contributed by atoms with E-state index in [1.165, 1.54) is 16.4 Å². The lowest BCUT2D eigenvalue weighted by Gasteiger charge is -2.38. The third-order valence-corrected chi connectivity index (χ3v) is 5.53. The second kappa shape index (κ2) is 5.48. The fraction of sp³-hybridized carbons (Fsp3) is 0.538. The van der Waals surface area contributed by atoms with Crippen molar-refractivity contribution < 1.29 is 13.5 Å². The lowest BCUT2D eigenvalue weighted by atomic mass is 10.2. The number of benzene rings is 1. The molecule has 1 atom stereocenters. The van der Waals surface area contributed by atoms with Gasteiger partial charge in [0.1, 0.15) is 10.6 Å². The average molecular weight is 284 g/mol. The standard InChI is InChI=1S/C13H20N2O3S/c1-3-14-8-9-15(10-11(14)2)19(17,18)13-7-5-4-6-12(13)16/h4-7,11,16H,3,8-10H2,1-2H3. The Labute approximate surface area is 114 Å². The molecule has 1 aromatic rings. The quantitative estimate of drug-likeness (QED) is 0.903. The first-order valence-electron chi connectivity index (χ1n) is 6.49. The molecule has 6 heteroatoms. The van der Waals surface area contributed by atoms with Gasteiger partial charge >= 0.3 is 0 Å². The highest BCUT2D eigenvalue weighted by atomic mass is 32.2. The van der Waals surface area contributed by atoms with Crippen LogP contribution in [0.4, 0.5) is 0 Å². The number of hydrogen-bond acceptors (Lipinski definition) is 4. The first-order chi connectivity index (χ1) is 8.96. The van der Waals surface area contributed by atoms with E-state index in [9.17, 15) is 13.5 Å². The van der Waals surface area contributed by atoms with Gasteiger partial charge in [-0.15, -0.1) is 0 Å². The third-order valence-electron chi connectivity index (χ3n) is 3.62. The van der Waals surface area contributed by atoms with Crippen molar-refractivity contribution in [3.63, 3.8) is 0 Å². The molecule has 1 aromatic carbocycles. The summed E-state index contributed by atoms with van der Waals surface area (Å²) in [5.41, 5.74) is 0. The minimum atomic E-state index is -3.60. The van der Waals surface area contributed by atoms with Crippen LogP contribution in [0, 0.1) is 0 Å². The zero-order chi connectivity index (χ0) is 14.0. The van der Waals surface area contributed by atoms with Crippen molar-refractivity contribution in [2.24, 2.45) is 0 Å². The number of piperazine rings is 1. The highest BCUT2D eigenvalue weighted by molar-refractivity contribution is 7.89. The third kappa shape index (κ3) is 2.75. The number of hydrogen-bond donors (Lipinski definition) is 1. The van der Waals surface area contributed by atoms with Gasteiger partial charge in [-0.2, -0.15) is 4.31 Å². The van der Waals surface area contributed by atoms with Crippen LogP contribution in [0.1, 0.15) is 13.8 Å². The zero-order valence-corrected chi connectivity index (χ0v) is 12.1. The SMILES string of the molecule is CCN1CCN(S(=O)(=O)c2ccccc2O)CC1C. The highest BCUT2D eigenvalue weighted by Crippen LogP contribution is 2.26. The van der Waals surface area contributed by atoms with Gasteiger partial charge in [-0.25, -0.2) is 8.42 Å². The molecule has 2 rings (SSSR count). The van der Waals surface area contributed by atoms with Gasteiger partial charge in [0, 0.05) is 25.7 Å². The van der Waals surface area contributed by atoms with Crippen LogP contribution in [0.5, 0.6) is 5.75 Å². The van der Waals surface area contributed by atoms with Crippen molar-refractivity contribution in [3.8, 4) is 5.75 Å². The number of rotatable bonds is 3. The van der Waals surface area contributed by atoms with Crippen LogP contribution in [0.2, 0.25) is 0 Å². The van der Waals surface area contributed by atoms with Crippen molar-refractivity contribution in [2.75, 3.05) is 26.2 Å². The molecule has 19 heavy (non-hydrogen) atoms. The lowest BCUT2D eigenvalue weighted by molar-refractivity contribution is 0.135. The molecule has 0 saturated carbocycles. The highest BCUT2D eigenvalue weighted by Gasteiger charge is 2.32. The second-order valence-corrected chi connectivity index (χ2v) is 6.71. The van der Waals surface area contributed by atoms with Crippen LogP contribution in [0.3, 0.4) is 0 Å². The molecule has 0 aromatic heterocycles. The molecule has 1 N–H and O–H groups in total. The molecule has 1 fully saturated rings. The van der Waals surface area contributed by atoms with Gasteiger partial charge in [-0.1, -0.05) is 19.1 Å². The van der Waals surface area contributed by atoms with Crippen molar-refractivity contribution in [3.05, 3.63) is 24.3 Å². The van der Waals surface area contributed by atoms with E-state index in [0.29, 0.717) is 13.1 Å². The second-order valence-electron chi connectivity index (χ2n) is 4.81. The Morgan fingerprint density at radius 2 is 2.00 bits per heavy atom. The Morgan fingerprint density at radius 1 is 1.32 bits per heavy atom. The van der Waals surface area contributed by atoms with Crippen molar-refractivity contribution in [1.29, 1.82) is 0 Å². The van der Waals surface area contributed by atoms with Gasteiger partial charge in [0.05, 0.1) is 0 Å². The van der Waals surface area contributed by atoms with Crippen molar-refractivity contribution in [1.82, 2.24) is 9.21 Å². The van der Waals surface area contributed by atoms with Crippen LogP contribution in [0.25, 0.3) is 0 Å². The summed E-state index contributed by atoms with van der Waals surface area (Å²) in [6.45, 7) is 6.68. The molecule has 5 nitrogen and oxygen atoms in total. The molecule has 1 aliphatic rings. The number of phenolic OH excluding ortho intramolecular Hbond substituents is 1. The molecule has 106 valence electrons. The van der Waals surface area contributed by atoms with Crippen LogP contribution in [-0.2, 0) is 10.0 Å². The predicted octanol–water partition coefficient (Wildman–Crippen LogP) is 1.11. The van der Waals surface area contributed by atoms with E-state index in [4.69, 9.17) is 0 Å². The van der Waals surface area contributed by atoms with Crippen LogP contribution >= 0.6 is 0 Å². The first kappa shape index (κ1) is 14.3. The monoisotopic (exact) mass is 284 g/mol. The van der Waals surface area contributed by atoms with E-state index in [1.54, 1.807) is 12.1 Å². The summed E-state index contributed by atoms with van der Waals surface area (Å²) in [7, 11) is -3.60. The molecule has 1 heterocycles. The normalized spacial score (nSPS) is 22.5. The molecular formula is C13H20N2O3S. The molecular weight excluding hydrogens is 264 g/mol. The van der Waals surface area contributed by atoms with E-state index in [1.807, 2.05) is 6.92 Å². The molecule has 0 spiro atoms. The molecule has 1 unspecified atom stereocenters. The summed E-state index contributed by atoms with van der Waals surface area (Å²) in [5.74, 6) is -0.187. The average Bonchev–Trinajstić information content (AvgIpc) is 2.39. The van der Waals surface area contributed by atoms with E-state index in [0.717, 1.165) is 13.1 Å². The van der Waals surface area contributed by atoms with Crippen LogP contribution < -0.4 is 0 Å². The Balaban J connectivity index is 2.25. The summed E-state index contributed by atoms with van der Waals surface area (Å²) in [6.07, 6.45) is 0. The molecule has 1 aliphatic heterocycles. The summed E-state index contributed by atoms with van der Waals surface area (Å²) in [4.78, 5) is 2.24. The fourth-order valence-corrected chi connectivity index (χ4v) is 4.06. The molecule has 0 bridgehead atoms. The number of para-hydroxylation sites is 1. The van der Waals surface area contributed by atoms with Gasteiger partial charge in [-0.3, -0.25) is 4.90 Å². The Kier molecular flexibility index (Phi) is 4.13. The first-order valence-corrected chi connectivity index (χ1v) is 7.93. The number of nitrogens with zero attached hydrogens (tertiary/aromatic N) is 2. The smallest absolute Gasteiger partial charge is 0.246 e. The molecule has 0 amide bonds. The lowest BCUT2D eigenvalue weighted by Crippen LogP contribution is -2.53. The number of phenols is 1. The summed E-state index contributed by atoms with van der Waals surface area (Å²) in [5, 5.41) is 9.72. The van der Waals surface area contributed by atoms with Gasteiger partial charge in [0.25, 0.3) is 0 Å². The van der Waals surface area contributed by atoms with E-state index in [2.05, 4.69) is 11.8 Å². The minimum absolute atomic E-state index is 0.00727. The molecule has 0 radical (unpaired) electrons. The van der Waals surface area contributed by atoms with E-state index >= 15 is 0 Å². The van der Waals surface area contributed by atoms with Gasteiger partial charge in [-0.05, 0) is 25.6 Å². The summed E-state index contributed by atoms with van der Waals surface area (Å²) >= 11 is 0. The number of sulfonamides is 1. The van der Waals surface area contributed by atoms with Gasteiger partial charge in [0.2, 0.25) is 10.0 Å². The summed E-state index contributed by atoms with van der Waals surface area (Å²) in [6, 6.07) is 6.28. The maximum absolute atomic E-state index is 12.5. The van der Waals surface area contributed by atoms with Crippen molar-refractivity contribution >= 4 is 10.0 Å². The maximum atomic E-state index is 12.5. The topological polar surface area (TPSA) is 60.9 Å². The predicted molar refractivity (Wildman–Crippen MR) is 73.6 cm³/mol. The van der Waals surface area contributed by atoms with Gasteiger partial charge in [0.15, 0.2) is 0 Å². The number of aromatic hydroxyl groups is 1. The zero-order valence-electron chi connectivity index (χ0n) is 11.3. The Morgan fingerprint density at radius 3 is 2.58 bits per heavy atom. The molecule has 1 saturated heterocycles. The Bertz CT molecular complexity index is 545. The van der Waals surface area contributed by atoms with Crippen molar-refractivity contribution in [2.45, 2.75) is 24.8 Å². The summed E-state index contributed by atoms with van der Waals surface area (Å²) < 4.78 is 26.4. The fourth-order valence-electron chi connectivity index (χ4n) is 2.46.